The van der Waals surface area contributed by atoms with Crippen LogP contribution in [0.2, 0.25) is 0 Å². The molecule has 0 aromatic heterocycles. The Balaban J connectivity index is 1.70. The lowest BCUT2D eigenvalue weighted by atomic mass is 9.90. The van der Waals surface area contributed by atoms with Crippen molar-refractivity contribution in [2.75, 3.05) is 0 Å². The molecule has 1 heterocycles. The first-order valence-electron chi connectivity index (χ1n) is 9.60. The lowest BCUT2D eigenvalue weighted by Gasteiger charge is -2.37. The standard InChI is InChI=1S/C25H17Br2NO2/c26-19-10-5-16(6-11-19)15-28-24(18-7-12-20(27)13-8-18)23-21-4-2-1-3-17(21)9-14-22(23)30-25(28)29/h1-14,24H,15H2. The van der Waals surface area contributed by atoms with Crippen LogP contribution in [0.4, 0.5) is 4.79 Å². The van der Waals surface area contributed by atoms with Crippen molar-refractivity contribution < 1.29 is 9.53 Å². The van der Waals surface area contributed by atoms with Gasteiger partial charge in [-0.1, -0.05) is 86.5 Å². The molecule has 1 amide bonds. The Hall–Kier alpha value is -2.63. The van der Waals surface area contributed by atoms with Crippen molar-refractivity contribution >= 4 is 48.7 Å². The predicted molar refractivity (Wildman–Crippen MR) is 126 cm³/mol. The maximum absolute atomic E-state index is 13.1. The quantitative estimate of drug-likeness (QED) is 0.279. The van der Waals surface area contributed by atoms with Crippen molar-refractivity contribution in [3.05, 3.63) is 111 Å². The van der Waals surface area contributed by atoms with Crippen LogP contribution in [0.1, 0.15) is 22.7 Å². The maximum Gasteiger partial charge on any atom is 0.416 e. The number of hydrogen-bond donors (Lipinski definition) is 0. The van der Waals surface area contributed by atoms with E-state index in [2.05, 4.69) is 56.1 Å². The molecule has 0 saturated carbocycles. The van der Waals surface area contributed by atoms with Gasteiger partial charge in [0.25, 0.3) is 0 Å². The summed E-state index contributed by atoms with van der Waals surface area (Å²) in [5.74, 6) is 0.624. The van der Waals surface area contributed by atoms with Gasteiger partial charge < -0.3 is 4.74 Å². The van der Waals surface area contributed by atoms with Gasteiger partial charge in [-0.05, 0) is 52.2 Å². The highest BCUT2D eigenvalue weighted by Crippen LogP contribution is 2.44. The molecule has 1 aliphatic heterocycles. The van der Waals surface area contributed by atoms with Crippen LogP contribution in [-0.2, 0) is 6.54 Å². The smallest absolute Gasteiger partial charge is 0.410 e. The predicted octanol–water partition coefficient (Wildman–Crippen LogP) is 7.47. The van der Waals surface area contributed by atoms with Crippen LogP contribution in [0.15, 0.2) is 93.9 Å². The number of halogens is 2. The van der Waals surface area contributed by atoms with Crippen LogP contribution in [0, 0.1) is 0 Å². The van der Waals surface area contributed by atoms with Gasteiger partial charge in [-0.25, -0.2) is 4.79 Å². The highest BCUT2D eigenvalue weighted by molar-refractivity contribution is 9.10. The second-order valence-electron chi connectivity index (χ2n) is 7.27. The number of hydrogen-bond acceptors (Lipinski definition) is 2. The first kappa shape index (κ1) is 19.3. The number of amides is 1. The molecule has 148 valence electrons. The summed E-state index contributed by atoms with van der Waals surface area (Å²) in [6, 6.07) is 28.1. The summed E-state index contributed by atoms with van der Waals surface area (Å²) >= 11 is 7.00. The summed E-state index contributed by atoms with van der Waals surface area (Å²) in [5, 5.41) is 2.22. The Morgan fingerprint density at radius 3 is 2.20 bits per heavy atom. The van der Waals surface area contributed by atoms with E-state index in [9.17, 15) is 4.79 Å². The van der Waals surface area contributed by atoms with E-state index in [-0.39, 0.29) is 12.1 Å². The summed E-state index contributed by atoms with van der Waals surface area (Å²) in [7, 11) is 0. The average molecular weight is 523 g/mol. The van der Waals surface area contributed by atoms with Gasteiger partial charge in [0.15, 0.2) is 0 Å². The summed E-state index contributed by atoms with van der Waals surface area (Å²) < 4.78 is 7.80. The number of carbonyl (C=O) groups excluding carboxylic acids is 1. The number of fused-ring (bicyclic) bond motifs is 3. The molecule has 0 fully saturated rings. The van der Waals surface area contributed by atoms with Gasteiger partial charge in [0.1, 0.15) is 5.75 Å². The zero-order chi connectivity index (χ0) is 20.7. The Morgan fingerprint density at radius 1 is 0.800 bits per heavy atom. The number of nitrogens with zero attached hydrogens (tertiary/aromatic N) is 1. The van der Waals surface area contributed by atoms with Crippen molar-refractivity contribution in [2.24, 2.45) is 0 Å². The van der Waals surface area contributed by atoms with E-state index in [0.29, 0.717) is 12.3 Å². The van der Waals surface area contributed by atoms with Gasteiger partial charge in [-0.15, -0.1) is 0 Å². The van der Waals surface area contributed by atoms with Gasteiger partial charge >= 0.3 is 6.09 Å². The molecule has 4 aromatic rings. The summed E-state index contributed by atoms with van der Waals surface area (Å²) in [4.78, 5) is 14.9. The molecule has 0 N–H and O–H groups in total. The molecule has 30 heavy (non-hydrogen) atoms. The minimum Gasteiger partial charge on any atom is -0.410 e. The van der Waals surface area contributed by atoms with Crippen molar-refractivity contribution in [1.29, 1.82) is 0 Å². The lowest BCUT2D eigenvalue weighted by molar-refractivity contribution is 0.123. The molecular formula is C25H17Br2NO2. The minimum absolute atomic E-state index is 0.246. The number of carbonyl (C=O) groups is 1. The van der Waals surface area contributed by atoms with E-state index in [1.54, 1.807) is 4.90 Å². The van der Waals surface area contributed by atoms with Crippen LogP contribution >= 0.6 is 31.9 Å². The highest BCUT2D eigenvalue weighted by Gasteiger charge is 2.36. The Bertz CT molecular complexity index is 1240. The van der Waals surface area contributed by atoms with E-state index in [4.69, 9.17) is 4.74 Å². The van der Waals surface area contributed by atoms with E-state index in [0.717, 1.165) is 36.4 Å². The third-order valence-corrected chi connectivity index (χ3v) is 6.46. The summed E-state index contributed by atoms with van der Waals surface area (Å²) in [5.41, 5.74) is 3.11. The van der Waals surface area contributed by atoms with E-state index in [1.165, 1.54) is 0 Å². The Labute approximate surface area is 191 Å². The van der Waals surface area contributed by atoms with E-state index >= 15 is 0 Å². The summed E-state index contributed by atoms with van der Waals surface area (Å²) in [6.45, 7) is 0.454. The van der Waals surface area contributed by atoms with Gasteiger partial charge in [-0.2, -0.15) is 0 Å². The minimum atomic E-state index is -0.339. The van der Waals surface area contributed by atoms with Crippen molar-refractivity contribution in [2.45, 2.75) is 12.6 Å². The van der Waals surface area contributed by atoms with Crippen LogP contribution in [-0.4, -0.2) is 11.0 Å². The maximum atomic E-state index is 13.1. The molecule has 1 aliphatic rings. The fourth-order valence-electron chi connectivity index (χ4n) is 3.99. The van der Waals surface area contributed by atoms with Crippen molar-refractivity contribution in [3.63, 3.8) is 0 Å². The molecule has 3 nitrogen and oxygen atoms in total. The lowest BCUT2D eigenvalue weighted by Crippen LogP contribution is -2.41. The van der Waals surface area contributed by atoms with Gasteiger partial charge in [-0.3, -0.25) is 4.90 Å². The molecule has 5 rings (SSSR count). The van der Waals surface area contributed by atoms with Crippen LogP contribution < -0.4 is 4.74 Å². The van der Waals surface area contributed by atoms with Crippen LogP contribution in [0.25, 0.3) is 10.8 Å². The fraction of sp³-hybridized carbons (Fsp3) is 0.0800. The Kier molecular flexibility index (Phi) is 5.09. The molecule has 0 radical (unpaired) electrons. The normalized spacial score (nSPS) is 15.7. The topological polar surface area (TPSA) is 29.5 Å². The molecule has 5 heteroatoms. The van der Waals surface area contributed by atoms with Gasteiger partial charge in [0.2, 0.25) is 0 Å². The zero-order valence-corrected chi connectivity index (χ0v) is 19.1. The SMILES string of the molecule is O=C1Oc2ccc3ccccc3c2C(c2ccc(Br)cc2)N1Cc1ccc(Br)cc1. The molecule has 0 spiro atoms. The monoisotopic (exact) mass is 521 g/mol. The second kappa shape index (κ2) is 7.89. The average Bonchev–Trinajstić information content (AvgIpc) is 2.76. The molecule has 4 aromatic carbocycles. The molecule has 1 unspecified atom stereocenters. The summed E-state index contributed by atoms with van der Waals surface area (Å²) in [6.07, 6.45) is -0.339. The van der Waals surface area contributed by atoms with Gasteiger partial charge in [0, 0.05) is 21.1 Å². The third kappa shape index (κ3) is 3.53. The molecule has 0 saturated heterocycles. The zero-order valence-electron chi connectivity index (χ0n) is 15.9. The largest absolute Gasteiger partial charge is 0.416 e. The van der Waals surface area contributed by atoms with Crippen LogP contribution in [0.5, 0.6) is 5.75 Å². The van der Waals surface area contributed by atoms with Crippen molar-refractivity contribution in [1.82, 2.24) is 4.90 Å². The second-order valence-corrected chi connectivity index (χ2v) is 9.11. The number of benzene rings is 4. The van der Waals surface area contributed by atoms with E-state index in [1.807, 2.05) is 60.7 Å². The van der Waals surface area contributed by atoms with Crippen LogP contribution in [0.3, 0.4) is 0 Å². The molecule has 0 aliphatic carbocycles. The molecular weight excluding hydrogens is 506 g/mol. The first-order chi connectivity index (χ1) is 14.6. The van der Waals surface area contributed by atoms with E-state index < -0.39 is 0 Å². The highest BCUT2D eigenvalue weighted by atomic mass is 79.9. The Morgan fingerprint density at radius 2 is 1.47 bits per heavy atom. The first-order valence-corrected chi connectivity index (χ1v) is 11.2. The van der Waals surface area contributed by atoms with Gasteiger partial charge in [0.05, 0.1) is 6.04 Å². The number of rotatable bonds is 3. The number of ether oxygens (including phenoxy) is 1. The van der Waals surface area contributed by atoms with Crippen molar-refractivity contribution in [3.8, 4) is 5.75 Å². The molecule has 0 bridgehead atoms. The third-order valence-electron chi connectivity index (χ3n) is 5.40. The fourth-order valence-corrected chi connectivity index (χ4v) is 4.52. The molecule has 1 atom stereocenters.